The lowest BCUT2D eigenvalue weighted by molar-refractivity contribution is 0.403. The molecule has 2 rings (SSSR count). The summed E-state index contributed by atoms with van der Waals surface area (Å²) in [5, 5.41) is 3.49. The van der Waals surface area contributed by atoms with Gasteiger partial charge in [0.2, 0.25) is 0 Å². The summed E-state index contributed by atoms with van der Waals surface area (Å²) >= 11 is 0. The van der Waals surface area contributed by atoms with Crippen molar-refractivity contribution in [1.82, 2.24) is 9.88 Å². The molecule has 0 aliphatic heterocycles. The number of rotatable bonds is 5. The lowest BCUT2D eigenvalue weighted by atomic mass is 10.1. The number of aromatic nitrogens is 1. The summed E-state index contributed by atoms with van der Waals surface area (Å²) in [4.78, 5) is 6.49. The second-order valence-electron chi connectivity index (χ2n) is 5.06. The lowest BCUT2D eigenvalue weighted by Crippen LogP contribution is -2.12. The minimum absolute atomic E-state index is 0.803. The molecule has 0 unspecified atom stereocenters. The zero-order chi connectivity index (χ0) is 13.7. The van der Waals surface area contributed by atoms with E-state index in [-0.39, 0.29) is 0 Å². The van der Waals surface area contributed by atoms with E-state index in [0.717, 1.165) is 18.8 Å². The molecule has 0 fully saturated rings. The van der Waals surface area contributed by atoms with Gasteiger partial charge in [0, 0.05) is 30.7 Å². The highest BCUT2D eigenvalue weighted by Gasteiger charge is 2.02. The van der Waals surface area contributed by atoms with E-state index in [1.807, 2.05) is 19.2 Å². The Labute approximate surface area is 115 Å². The summed E-state index contributed by atoms with van der Waals surface area (Å²) in [6.07, 6.45) is 1.93. The van der Waals surface area contributed by atoms with Crippen molar-refractivity contribution in [3.05, 3.63) is 59.4 Å². The smallest absolute Gasteiger partial charge is 0.0416 e. The number of para-hydroxylation sites is 1. The second kappa shape index (κ2) is 6.34. The van der Waals surface area contributed by atoms with Crippen molar-refractivity contribution >= 4 is 5.69 Å². The van der Waals surface area contributed by atoms with Crippen molar-refractivity contribution in [2.24, 2.45) is 0 Å². The molecule has 1 aromatic heterocycles. The number of anilines is 1. The van der Waals surface area contributed by atoms with Gasteiger partial charge in [-0.25, -0.2) is 0 Å². The number of benzene rings is 1. The summed E-state index contributed by atoms with van der Waals surface area (Å²) in [6, 6.07) is 12.6. The number of pyridine rings is 1. The Kier molecular flexibility index (Phi) is 4.53. The number of hydrogen-bond acceptors (Lipinski definition) is 3. The Morgan fingerprint density at radius 1 is 1.11 bits per heavy atom. The van der Waals surface area contributed by atoms with Crippen LogP contribution in [-0.2, 0) is 13.1 Å². The van der Waals surface area contributed by atoms with Gasteiger partial charge in [-0.2, -0.15) is 0 Å². The Morgan fingerprint density at radius 2 is 1.89 bits per heavy atom. The van der Waals surface area contributed by atoms with Gasteiger partial charge in [-0.3, -0.25) is 4.98 Å². The van der Waals surface area contributed by atoms with Crippen LogP contribution in [0, 0.1) is 6.92 Å². The van der Waals surface area contributed by atoms with Crippen molar-refractivity contribution in [3.63, 3.8) is 0 Å². The first-order valence-electron chi connectivity index (χ1n) is 6.53. The molecule has 1 heterocycles. The molecule has 0 atom stereocenters. The predicted octanol–water partition coefficient (Wildman–Crippen LogP) is 3.06. The van der Waals surface area contributed by atoms with E-state index in [1.54, 1.807) is 0 Å². The van der Waals surface area contributed by atoms with Crippen LogP contribution in [0.3, 0.4) is 0 Å². The van der Waals surface area contributed by atoms with Gasteiger partial charge in [-0.15, -0.1) is 0 Å². The highest BCUT2D eigenvalue weighted by Crippen LogP contribution is 2.17. The quantitative estimate of drug-likeness (QED) is 0.890. The average molecular weight is 255 g/mol. The number of nitrogens with zero attached hydrogens (tertiary/aromatic N) is 2. The van der Waals surface area contributed by atoms with Gasteiger partial charge >= 0.3 is 0 Å². The fourth-order valence-electron chi connectivity index (χ4n) is 1.97. The summed E-state index contributed by atoms with van der Waals surface area (Å²) < 4.78 is 0. The van der Waals surface area contributed by atoms with Crippen molar-refractivity contribution in [3.8, 4) is 0 Å². The van der Waals surface area contributed by atoms with Crippen LogP contribution in [0.2, 0.25) is 0 Å². The molecular formula is C16H21N3. The maximum atomic E-state index is 4.31. The molecule has 0 saturated carbocycles. The second-order valence-corrected chi connectivity index (χ2v) is 5.06. The first-order chi connectivity index (χ1) is 9.15. The van der Waals surface area contributed by atoms with Gasteiger partial charge in [-0.1, -0.05) is 24.3 Å². The van der Waals surface area contributed by atoms with Crippen LogP contribution in [-0.4, -0.2) is 24.0 Å². The lowest BCUT2D eigenvalue weighted by Gasteiger charge is -2.15. The standard InChI is InChI=1S/C16H21N3/c1-13-8-9-14(10-17-13)11-18-16-7-5-4-6-15(16)12-19(2)3/h4-10,18H,11-12H2,1-3H3. The van der Waals surface area contributed by atoms with E-state index in [0.29, 0.717) is 0 Å². The monoisotopic (exact) mass is 255 g/mol. The van der Waals surface area contributed by atoms with Gasteiger partial charge < -0.3 is 10.2 Å². The van der Waals surface area contributed by atoms with Gasteiger partial charge in [0.25, 0.3) is 0 Å². The van der Waals surface area contributed by atoms with Gasteiger partial charge in [0.1, 0.15) is 0 Å². The summed E-state index contributed by atoms with van der Waals surface area (Å²) in [7, 11) is 4.17. The van der Waals surface area contributed by atoms with Gasteiger partial charge in [-0.05, 0) is 44.3 Å². The van der Waals surface area contributed by atoms with Crippen molar-refractivity contribution in [2.75, 3.05) is 19.4 Å². The van der Waals surface area contributed by atoms with Crippen molar-refractivity contribution in [1.29, 1.82) is 0 Å². The highest BCUT2D eigenvalue weighted by atomic mass is 15.1. The molecular weight excluding hydrogens is 234 g/mol. The Balaban J connectivity index is 2.04. The van der Waals surface area contributed by atoms with Crippen molar-refractivity contribution < 1.29 is 0 Å². The van der Waals surface area contributed by atoms with Gasteiger partial charge in [0.15, 0.2) is 0 Å². The molecule has 0 aliphatic carbocycles. The molecule has 100 valence electrons. The number of hydrogen-bond donors (Lipinski definition) is 1. The first-order valence-corrected chi connectivity index (χ1v) is 6.53. The van der Waals surface area contributed by atoms with Crippen LogP contribution in [0.5, 0.6) is 0 Å². The Bertz CT molecular complexity index is 518. The van der Waals surface area contributed by atoms with E-state index in [9.17, 15) is 0 Å². The van der Waals surface area contributed by atoms with Crippen LogP contribution in [0.25, 0.3) is 0 Å². The Morgan fingerprint density at radius 3 is 2.58 bits per heavy atom. The summed E-state index contributed by atoms with van der Waals surface area (Å²) in [5.74, 6) is 0. The molecule has 3 nitrogen and oxygen atoms in total. The van der Waals surface area contributed by atoms with Crippen LogP contribution >= 0.6 is 0 Å². The maximum Gasteiger partial charge on any atom is 0.0416 e. The van der Waals surface area contributed by atoms with E-state index >= 15 is 0 Å². The largest absolute Gasteiger partial charge is 0.381 e. The SMILES string of the molecule is Cc1ccc(CNc2ccccc2CN(C)C)cn1. The van der Waals surface area contributed by atoms with Gasteiger partial charge in [0.05, 0.1) is 0 Å². The third kappa shape index (κ3) is 4.07. The van der Waals surface area contributed by atoms with Crippen LogP contribution in [0.4, 0.5) is 5.69 Å². The van der Waals surface area contributed by atoms with Crippen LogP contribution in [0.15, 0.2) is 42.6 Å². The van der Waals surface area contributed by atoms with Crippen LogP contribution < -0.4 is 5.32 Å². The normalized spacial score (nSPS) is 10.7. The highest BCUT2D eigenvalue weighted by molar-refractivity contribution is 5.51. The molecule has 0 spiro atoms. The molecule has 3 heteroatoms. The molecule has 19 heavy (non-hydrogen) atoms. The number of aryl methyl sites for hydroxylation is 1. The zero-order valence-corrected chi connectivity index (χ0v) is 11.9. The third-order valence-corrected chi connectivity index (χ3v) is 2.96. The predicted molar refractivity (Wildman–Crippen MR) is 80.1 cm³/mol. The number of nitrogens with one attached hydrogen (secondary N) is 1. The fourth-order valence-corrected chi connectivity index (χ4v) is 1.97. The maximum absolute atomic E-state index is 4.31. The minimum Gasteiger partial charge on any atom is -0.381 e. The summed E-state index contributed by atoms with van der Waals surface area (Å²) in [6.45, 7) is 3.75. The molecule has 0 bridgehead atoms. The van der Waals surface area contributed by atoms with E-state index in [4.69, 9.17) is 0 Å². The molecule has 0 amide bonds. The molecule has 0 aliphatic rings. The Hall–Kier alpha value is -1.87. The molecule has 0 radical (unpaired) electrons. The van der Waals surface area contributed by atoms with E-state index in [1.165, 1.54) is 16.8 Å². The van der Waals surface area contributed by atoms with Crippen LogP contribution in [0.1, 0.15) is 16.8 Å². The third-order valence-electron chi connectivity index (χ3n) is 2.96. The minimum atomic E-state index is 0.803. The average Bonchev–Trinajstić information content (AvgIpc) is 2.39. The van der Waals surface area contributed by atoms with E-state index < -0.39 is 0 Å². The fraction of sp³-hybridized carbons (Fsp3) is 0.312. The topological polar surface area (TPSA) is 28.2 Å². The van der Waals surface area contributed by atoms with E-state index in [2.05, 4.69) is 59.6 Å². The molecule has 1 N–H and O–H groups in total. The summed E-state index contributed by atoms with van der Waals surface area (Å²) in [5.41, 5.74) is 4.76. The first kappa shape index (κ1) is 13.6. The molecule has 1 aromatic carbocycles. The zero-order valence-electron chi connectivity index (χ0n) is 11.9. The van der Waals surface area contributed by atoms with Crippen molar-refractivity contribution in [2.45, 2.75) is 20.0 Å². The molecule has 2 aromatic rings. The molecule has 0 saturated heterocycles.